The maximum Gasteiger partial charge on any atom is 0.276 e. The van der Waals surface area contributed by atoms with Crippen LogP contribution in [0.3, 0.4) is 0 Å². The Morgan fingerprint density at radius 3 is 2.50 bits per heavy atom. The first-order valence-corrected chi connectivity index (χ1v) is 9.01. The molecule has 28 heavy (non-hydrogen) atoms. The van der Waals surface area contributed by atoms with Gasteiger partial charge < -0.3 is 4.90 Å². The maximum absolute atomic E-state index is 12.4. The lowest BCUT2D eigenvalue weighted by Gasteiger charge is -2.34. The molecule has 7 heteroatoms. The third-order valence-electron chi connectivity index (χ3n) is 4.71. The van der Waals surface area contributed by atoms with Crippen LogP contribution in [0, 0.1) is 17.0 Å². The minimum atomic E-state index is -0.436. The van der Waals surface area contributed by atoms with E-state index < -0.39 is 4.92 Å². The Balaban J connectivity index is 0.00000280. The zero-order valence-electron chi connectivity index (χ0n) is 15.8. The van der Waals surface area contributed by atoms with E-state index in [2.05, 4.69) is 36.1 Å². The number of piperazine rings is 1. The van der Waals surface area contributed by atoms with Gasteiger partial charge in [-0.2, -0.15) is 0 Å². The van der Waals surface area contributed by atoms with Crippen LogP contribution < -0.4 is 0 Å². The van der Waals surface area contributed by atoms with Crippen LogP contribution in [-0.2, 0) is 11.3 Å². The van der Waals surface area contributed by atoms with Crippen molar-refractivity contribution in [1.82, 2.24) is 9.80 Å². The molecular weight excluding hydrogens is 378 g/mol. The first kappa shape index (κ1) is 21.6. The molecule has 0 radical (unpaired) electrons. The van der Waals surface area contributed by atoms with Gasteiger partial charge in [0.05, 0.1) is 10.5 Å². The highest BCUT2D eigenvalue weighted by atomic mass is 35.5. The summed E-state index contributed by atoms with van der Waals surface area (Å²) in [5, 5.41) is 11.0. The molecule has 0 aromatic heterocycles. The Labute approximate surface area is 171 Å². The fourth-order valence-corrected chi connectivity index (χ4v) is 3.26. The molecule has 0 aliphatic carbocycles. The van der Waals surface area contributed by atoms with E-state index in [1.54, 1.807) is 23.1 Å². The zero-order chi connectivity index (χ0) is 19.2. The number of amides is 1. The van der Waals surface area contributed by atoms with Crippen molar-refractivity contribution in [3.8, 4) is 0 Å². The van der Waals surface area contributed by atoms with Crippen LogP contribution in [0.4, 0.5) is 5.69 Å². The van der Waals surface area contributed by atoms with Crippen molar-refractivity contribution in [2.24, 2.45) is 0 Å². The van der Waals surface area contributed by atoms with Crippen molar-refractivity contribution < 1.29 is 9.72 Å². The van der Waals surface area contributed by atoms with Crippen LogP contribution in [0.15, 0.2) is 54.6 Å². The van der Waals surface area contributed by atoms with E-state index in [-0.39, 0.29) is 24.0 Å². The van der Waals surface area contributed by atoms with E-state index in [0.29, 0.717) is 18.7 Å². The number of benzene rings is 2. The zero-order valence-corrected chi connectivity index (χ0v) is 16.6. The van der Waals surface area contributed by atoms with E-state index in [0.717, 1.165) is 19.6 Å². The Morgan fingerprint density at radius 2 is 1.82 bits per heavy atom. The van der Waals surface area contributed by atoms with Gasteiger partial charge in [0.1, 0.15) is 0 Å². The number of hydrogen-bond acceptors (Lipinski definition) is 4. The van der Waals surface area contributed by atoms with E-state index >= 15 is 0 Å². The second-order valence-corrected chi connectivity index (χ2v) is 6.74. The van der Waals surface area contributed by atoms with Crippen LogP contribution in [0.2, 0.25) is 0 Å². The van der Waals surface area contributed by atoms with Crippen molar-refractivity contribution in [3.05, 3.63) is 81.4 Å². The van der Waals surface area contributed by atoms with Gasteiger partial charge in [-0.25, -0.2) is 0 Å². The summed E-state index contributed by atoms with van der Waals surface area (Å²) in [6, 6.07) is 14.9. The molecule has 0 N–H and O–H groups in total. The van der Waals surface area contributed by atoms with Gasteiger partial charge in [0.15, 0.2) is 0 Å². The van der Waals surface area contributed by atoms with Crippen LogP contribution in [0.1, 0.15) is 16.7 Å². The largest absolute Gasteiger partial charge is 0.337 e. The number of para-hydroxylation sites is 1. The van der Waals surface area contributed by atoms with Gasteiger partial charge in [-0.05, 0) is 24.6 Å². The molecule has 148 valence electrons. The van der Waals surface area contributed by atoms with Gasteiger partial charge in [-0.15, -0.1) is 12.4 Å². The number of nitro groups is 1. The molecule has 1 aliphatic rings. The molecule has 1 amide bonds. The van der Waals surface area contributed by atoms with Gasteiger partial charge in [0.25, 0.3) is 5.69 Å². The van der Waals surface area contributed by atoms with Gasteiger partial charge in [0.2, 0.25) is 5.91 Å². The topological polar surface area (TPSA) is 66.7 Å². The summed E-state index contributed by atoms with van der Waals surface area (Å²) in [7, 11) is 0. The molecule has 1 aliphatic heterocycles. The summed E-state index contributed by atoms with van der Waals surface area (Å²) in [6.07, 6.45) is 2.96. The van der Waals surface area contributed by atoms with Crippen molar-refractivity contribution in [1.29, 1.82) is 0 Å². The van der Waals surface area contributed by atoms with Gasteiger partial charge >= 0.3 is 0 Å². The van der Waals surface area contributed by atoms with Crippen molar-refractivity contribution >= 4 is 30.1 Å². The van der Waals surface area contributed by atoms with Gasteiger partial charge in [0, 0.05) is 44.9 Å². The standard InChI is InChI=1S/C21H23N3O3.ClH/c1-17-5-4-6-18(15-17)16-22-11-13-23(14-12-22)21(25)10-9-19-7-2-3-8-20(19)24(26)27;/h2-10,15H,11-14,16H2,1H3;1H/b10-9+;. The average Bonchev–Trinajstić information content (AvgIpc) is 2.67. The van der Waals surface area contributed by atoms with Crippen molar-refractivity contribution in [3.63, 3.8) is 0 Å². The minimum Gasteiger partial charge on any atom is -0.337 e. The number of nitro benzene ring substituents is 1. The molecule has 0 saturated carbocycles. The van der Waals surface area contributed by atoms with E-state index in [9.17, 15) is 14.9 Å². The van der Waals surface area contributed by atoms with Crippen LogP contribution in [0.5, 0.6) is 0 Å². The fourth-order valence-electron chi connectivity index (χ4n) is 3.26. The Kier molecular flexibility index (Phi) is 7.72. The van der Waals surface area contributed by atoms with E-state index in [1.807, 2.05) is 0 Å². The summed E-state index contributed by atoms with van der Waals surface area (Å²) in [4.78, 5) is 27.2. The highest BCUT2D eigenvalue weighted by Gasteiger charge is 2.20. The molecule has 0 bridgehead atoms. The molecule has 6 nitrogen and oxygen atoms in total. The number of carbonyl (C=O) groups is 1. The lowest BCUT2D eigenvalue weighted by Crippen LogP contribution is -2.47. The maximum atomic E-state index is 12.4. The predicted octanol–water partition coefficient (Wildman–Crippen LogP) is 3.68. The summed E-state index contributed by atoms with van der Waals surface area (Å²) in [5.41, 5.74) is 2.98. The number of hydrogen-bond donors (Lipinski definition) is 0. The van der Waals surface area contributed by atoms with Crippen LogP contribution >= 0.6 is 12.4 Å². The average molecular weight is 402 g/mol. The van der Waals surface area contributed by atoms with Crippen molar-refractivity contribution in [2.45, 2.75) is 13.5 Å². The van der Waals surface area contributed by atoms with E-state index in [1.165, 1.54) is 29.3 Å². The Hall–Kier alpha value is -2.70. The lowest BCUT2D eigenvalue weighted by molar-refractivity contribution is -0.385. The summed E-state index contributed by atoms with van der Waals surface area (Å²) in [6.45, 7) is 5.93. The fraction of sp³-hybridized carbons (Fsp3) is 0.286. The molecule has 2 aromatic rings. The molecular formula is C21H24ClN3O3. The summed E-state index contributed by atoms with van der Waals surface area (Å²) in [5.74, 6) is -0.108. The summed E-state index contributed by atoms with van der Waals surface area (Å²) >= 11 is 0. The molecule has 2 aromatic carbocycles. The number of halogens is 1. The smallest absolute Gasteiger partial charge is 0.276 e. The van der Waals surface area contributed by atoms with Crippen LogP contribution in [0.25, 0.3) is 6.08 Å². The molecule has 0 atom stereocenters. The first-order valence-electron chi connectivity index (χ1n) is 9.01. The molecule has 3 rings (SSSR count). The Bertz CT molecular complexity index is 861. The predicted molar refractivity (Wildman–Crippen MR) is 112 cm³/mol. The first-order chi connectivity index (χ1) is 13.0. The molecule has 0 spiro atoms. The third kappa shape index (κ3) is 5.65. The highest BCUT2D eigenvalue weighted by Crippen LogP contribution is 2.19. The summed E-state index contributed by atoms with van der Waals surface area (Å²) < 4.78 is 0. The second kappa shape index (κ2) is 10.0. The quantitative estimate of drug-likeness (QED) is 0.435. The monoisotopic (exact) mass is 401 g/mol. The Morgan fingerprint density at radius 1 is 1.11 bits per heavy atom. The SMILES string of the molecule is Cc1cccc(CN2CCN(C(=O)/C=C/c3ccccc3[N+](=O)[O-])CC2)c1.Cl. The number of carbonyl (C=O) groups excluding carboxylic acids is 1. The van der Waals surface area contributed by atoms with E-state index in [4.69, 9.17) is 0 Å². The van der Waals surface area contributed by atoms with Crippen LogP contribution in [-0.4, -0.2) is 46.8 Å². The second-order valence-electron chi connectivity index (χ2n) is 6.74. The lowest BCUT2D eigenvalue weighted by atomic mass is 10.1. The minimum absolute atomic E-state index is 0. The number of aryl methyl sites for hydroxylation is 1. The normalized spacial score (nSPS) is 14.7. The van der Waals surface area contributed by atoms with Gasteiger partial charge in [-0.3, -0.25) is 19.8 Å². The number of rotatable bonds is 5. The molecule has 1 heterocycles. The number of nitrogens with zero attached hydrogens (tertiary/aromatic N) is 3. The molecule has 1 saturated heterocycles. The van der Waals surface area contributed by atoms with Gasteiger partial charge in [-0.1, -0.05) is 42.0 Å². The molecule has 1 fully saturated rings. The highest BCUT2D eigenvalue weighted by molar-refractivity contribution is 5.92. The molecule has 0 unspecified atom stereocenters. The van der Waals surface area contributed by atoms with Crippen molar-refractivity contribution in [2.75, 3.05) is 26.2 Å². The third-order valence-corrected chi connectivity index (χ3v) is 4.71.